The molecule has 0 fully saturated rings. The number of hydrogen-bond donors (Lipinski definition) is 2. The van der Waals surface area contributed by atoms with Crippen molar-refractivity contribution < 1.29 is 4.74 Å². The van der Waals surface area contributed by atoms with Gasteiger partial charge in [0.15, 0.2) is 0 Å². The van der Waals surface area contributed by atoms with E-state index in [0.717, 1.165) is 17.4 Å². The second-order valence-corrected chi connectivity index (χ2v) is 3.41. The largest absolute Gasteiger partial charge is 0.481 e. The summed E-state index contributed by atoms with van der Waals surface area (Å²) >= 11 is 0. The van der Waals surface area contributed by atoms with E-state index in [2.05, 4.69) is 0 Å². The molecule has 15 heavy (non-hydrogen) atoms. The van der Waals surface area contributed by atoms with Crippen molar-refractivity contribution in [3.8, 4) is 5.88 Å². The van der Waals surface area contributed by atoms with Crippen LogP contribution in [0, 0.1) is 0 Å². The monoisotopic (exact) mass is 205 g/mol. The highest BCUT2D eigenvalue weighted by atomic mass is 16.5. The molecule has 4 heteroatoms. The molecule has 2 aromatic rings. The van der Waals surface area contributed by atoms with Gasteiger partial charge in [-0.25, -0.2) is 0 Å². The van der Waals surface area contributed by atoms with Crippen molar-refractivity contribution in [3.63, 3.8) is 0 Å². The average molecular weight is 205 g/mol. The highest BCUT2D eigenvalue weighted by Gasteiger charge is 2.15. The molecule has 0 aliphatic carbocycles. The Morgan fingerprint density at radius 2 is 2.07 bits per heavy atom. The van der Waals surface area contributed by atoms with Crippen LogP contribution in [-0.2, 0) is 6.54 Å². The Balaban J connectivity index is 2.91. The van der Waals surface area contributed by atoms with Gasteiger partial charge in [0.25, 0.3) is 0 Å². The topological polar surface area (TPSA) is 66.2 Å². The Hall–Kier alpha value is -1.84. The van der Waals surface area contributed by atoms with E-state index >= 15 is 0 Å². The molecule has 0 spiro atoms. The molecule has 0 radical (unpaired) electrons. The molecule has 1 aromatic carbocycles. The van der Waals surface area contributed by atoms with E-state index in [1.54, 1.807) is 7.11 Å². The molecule has 0 bridgehead atoms. The van der Waals surface area contributed by atoms with Crippen LogP contribution in [0.1, 0.15) is 6.92 Å². The highest BCUT2D eigenvalue weighted by molar-refractivity contribution is 6.03. The number of aryl methyl sites for hydroxylation is 1. The van der Waals surface area contributed by atoms with Gasteiger partial charge in [-0.05, 0) is 19.1 Å². The minimum absolute atomic E-state index is 0.618. The number of methoxy groups -OCH3 is 1. The Labute approximate surface area is 88.4 Å². The lowest BCUT2D eigenvalue weighted by molar-refractivity contribution is 0.380. The third-order valence-electron chi connectivity index (χ3n) is 2.62. The van der Waals surface area contributed by atoms with Crippen LogP contribution < -0.4 is 16.2 Å². The molecule has 80 valence electrons. The van der Waals surface area contributed by atoms with Gasteiger partial charge in [0.05, 0.1) is 12.6 Å². The van der Waals surface area contributed by atoms with Crippen LogP contribution in [0.15, 0.2) is 18.2 Å². The van der Waals surface area contributed by atoms with E-state index in [0.29, 0.717) is 17.3 Å². The zero-order chi connectivity index (χ0) is 11.0. The van der Waals surface area contributed by atoms with Crippen molar-refractivity contribution in [1.29, 1.82) is 0 Å². The van der Waals surface area contributed by atoms with Crippen LogP contribution in [0.2, 0.25) is 0 Å². The summed E-state index contributed by atoms with van der Waals surface area (Å²) < 4.78 is 7.30. The third kappa shape index (κ3) is 1.21. The number of anilines is 2. The van der Waals surface area contributed by atoms with Crippen LogP contribution in [0.4, 0.5) is 11.4 Å². The Morgan fingerprint density at radius 1 is 1.33 bits per heavy atom. The predicted octanol–water partition coefficient (Wildman–Crippen LogP) is 1.83. The second kappa shape index (κ2) is 3.38. The summed E-state index contributed by atoms with van der Waals surface area (Å²) in [7, 11) is 1.62. The Kier molecular flexibility index (Phi) is 2.19. The van der Waals surface area contributed by atoms with Crippen LogP contribution in [0.5, 0.6) is 5.88 Å². The molecule has 0 aliphatic rings. The molecule has 1 heterocycles. The molecular weight excluding hydrogens is 190 g/mol. The van der Waals surface area contributed by atoms with E-state index in [1.165, 1.54) is 0 Å². The molecule has 0 unspecified atom stereocenters. The van der Waals surface area contributed by atoms with Gasteiger partial charge < -0.3 is 20.8 Å². The van der Waals surface area contributed by atoms with Gasteiger partial charge in [-0.15, -0.1) is 0 Å². The van der Waals surface area contributed by atoms with E-state index in [4.69, 9.17) is 16.2 Å². The number of fused-ring (bicyclic) bond motifs is 1. The summed E-state index contributed by atoms with van der Waals surface area (Å²) in [5.74, 6) is 0.686. The van der Waals surface area contributed by atoms with E-state index in [1.807, 2.05) is 29.7 Å². The Morgan fingerprint density at radius 3 is 2.67 bits per heavy atom. The van der Waals surface area contributed by atoms with Crippen LogP contribution >= 0.6 is 0 Å². The van der Waals surface area contributed by atoms with Gasteiger partial charge in [-0.1, -0.05) is 6.07 Å². The fraction of sp³-hybridized carbons (Fsp3) is 0.273. The molecule has 0 saturated heterocycles. The van der Waals surface area contributed by atoms with Gasteiger partial charge in [0.1, 0.15) is 5.69 Å². The maximum atomic E-state index is 6.00. The lowest BCUT2D eigenvalue weighted by atomic mass is 10.2. The summed E-state index contributed by atoms with van der Waals surface area (Å²) in [5, 5.41) is 0.885. The fourth-order valence-corrected chi connectivity index (χ4v) is 1.97. The lowest BCUT2D eigenvalue weighted by Gasteiger charge is -2.05. The first-order chi connectivity index (χ1) is 7.20. The smallest absolute Gasteiger partial charge is 0.218 e. The maximum absolute atomic E-state index is 6.00. The number of ether oxygens (including phenoxy) is 1. The zero-order valence-corrected chi connectivity index (χ0v) is 8.95. The van der Waals surface area contributed by atoms with Gasteiger partial charge in [-0.3, -0.25) is 0 Å². The van der Waals surface area contributed by atoms with Crippen LogP contribution in [0.25, 0.3) is 10.9 Å². The first kappa shape index (κ1) is 9.71. The minimum Gasteiger partial charge on any atom is -0.481 e. The number of hydrogen-bond acceptors (Lipinski definition) is 3. The summed E-state index contributed by atoms with van der Waals surface area (Å²) in [4.78, 5) is 0. The molecular formula is C11H15N3O. The molecule has 0 atom stereocenters. The van der Waals surface area contributed by atoms with Gasteiger partial charge in [0, 0.05) is 17.6 Å². The van der Waals surface area contributed by atoms with Gasteiger partial charge in [0.2, 0.25) is 5.88 Å². The van der Waals surface area contributed by atoms with Crippen molar-refractivity contribution in [2.24, 2.45) is 0 Å². The zero-order valence-electron chi connectivity index (χ0n) is 8.95. The number of nitrogens with two attached hydrogens (primary N) is 2. The third-order valence-corrected chi connectivity index (χ3v) is 2.62. The molecule has 0 amide bonds. The minimum atomic E-state index is 0.618. The number of aromatic nitrogens is 1. The second-order valence-electron chi connectivity index (χ2n) is 3.41. The van der Waals surface area contributed by atoms with Crippen molar-refractivity contribution in [2.75, 3.05) is 18.6 Å². The number of nitrogens with zero attached hydrogens (tertiary/aromatic N) is 1. The van der Waals surface area contributed by atoms with E-state index in [9.17, 15) is 0 Å². The molecule has 1 aromatic heterocycles. The van der Waals surface area contributed by atoms with Crippen molar-refractivity contribution in [3.05, 3.63) is 18.2 Å². The van der Waals surface area contributed by atoms with Crippen molar-refractivity contribution in [2.45, 2.75) is 13.5 Å². The predicted molar refractivity (Wildman–Crippen MR) is 63.0 cm³/mol. The van der Waals surface area contributed by atoms with Crippen molar-refractivity contribution in [1.82, 2.24) is 4.57 Å². The highest BCUT2D eigenvalue weighted by Crippen LogP contribution is 2.37. The lowest BCUT2D eigenvalue weighted by Crippen LogP contribution is -1.98. The first-order valence-electron chi connectivity index (χ1n) is 4.90. The maximum Gasteiger partial charge on any atom is 0.218 e. The molecule has 4 N–H and O–H groups in total. The van der Waals surface area contributed by atoms with Gasteiger partial charge >= 0.3 is 0 Å². The van der Waals surface area contributed by atoms with E-state index in [-0.39, 0.29) is 0 Å². The average Bonchev–Trinajstić information content (AvgIpc) is 2.52. The quantitative estimate of drug-likeness (QED) is 0.735. The Bertz CT molecular complexity index is 502. The normalized spacial score (nSPS) is 10.8. The fourth-order valence-electron chi connectivity index (χ4n) is 1.97. The molecule has 2 rings (SSSR count). The van der Waals surface area contributed by atoms with Gasteiger partial charge in [-0.2, -0.15) is 0 Å². The van der Waals surface area contributed by atoms with Crippen LogP contribution in [0.3, 0.4) is 0 Å². The van der Waals surface area contributed by atoms with Crippen LogP contribution in [-0.4, -0.2) is 11.7 Å². The first-order valence-corrected chi connectivity index (χ1v) is 4.90. The standard InChI is InChI=1S/C11H15N3O/c1-3-14-8-6-4-5-7(12)9(8)10(13)11(14)15-2/h4-6H,3,12-13H2,1-2H3. The summed E-state index contributed by atoms with van der Waals surface area (Å²) in [6.45, 7) is 2.85. The van der Waals surface area contributed by atoms with E-state index < -0.39 is 0 Å². The molecule has 0 aliphatic heterocycles. The molecule has 4 nitrogen and oxygen atoms in total. The number of rotatable bonds is 2. The SMILES string of the molecule is CCn1c(OC)c(N)c2c(N)cccc21. The summed E-state index contributed by atoms with van der Waals surface area (Å²) in [6, 6.07) is 5.76. The number of benzene rings is 1. The number of nitrogen functional groups attached to an aromatic ring is 2. The summed E-state index contributed by atoms with van der Waals surface area (Å²) in [5.41, 5.74) is 14.2. The summed E-state index contributed by atoms with van der Waals surface area (Å²) in [6.07, 6.45) is 0. The van der Waals surface area contributed by atoms with Crippen molar-refractivity contribution >= 4 is 22.3 Å². The molecule has 0 saturated carbocycles.